The Morgan fingerprint density at radius 1 is 1.33 bits per heavy atom. The number of ether oxygens (including phenoxy) is 1. The van der Waals surface area contributed by atoms with E-state index in [9.17, 15) is 4.79 Å². The Labute approximate surface area is 151 Å². The molecule has 4 nitrogen and oxygen atoms in total. The maximum Gasteiger partial charge on any atom is 0.226 e. The lowest BCUT2D eigenvalue weighted by molar-refractivity contribution is -0.150. The number of hydrogen-bond donors (Lipinski definition) is 1. The average molecular weight is 353 g/mol. The predicted molar refractivity (Wildman–Crippen MR) is 98.2 cm³/mol. The Morgan fingerprint density at radius 3 is 2.79 bits per heavy atom. The van der Waals surface area contributed by atoms with Crippen molar-refractivity contribution in [2.75, 3.05) is 19.7 Å². The van der Waals surface area contributed by atoms with E-state index in [1.807, 2.05) is 17.0 Å². The lowest BCUT2D eigenvalue weighted by Crippen LogP contribution is -2.51. The first-order valence-corrected chi connectivity index (χ1v) is 8.79. The molecule has 0 bridgehead atoms. The molecule has 1 aliphatic heterocycles. The van der Waals surface area contributed by atoms with Crippen LogP contribution >= 0.6 is 12.4 Å². The number of aryl methyl sites for hydroxylation is 1. The van der Waals surface area contributed by atoms with Crippen molar-refractivity contribution in [3.63, 3.8) is 0 Å². The van der Waals surface area contributed by atoms with Gasteiger partial charge >= 0.3 is 0 Å². The molecule has 1 heterocycles. The average Bonchev–Trinajstić information content (AvgIpc) is 3.04. The third-order valence-electron chi connectivity index (χ3n) is 5.53. The molecule has 1 saturated heterocycles. The Morgan fingerprint density at radius 2 is 2.08 bits per heavy atom. The highest BCUT2D eigenvalue weighted by Crippen LogP contribution is 2.35. The molecule has 0 aromatic heterocycles. The summed E-state index contributed by atoms with van der Waals surface area (Å²) in [7, 11) is 0. The lowest BCUT2D eigenvalue weighted by Gasteiger charge is -2.40. The van der Waals surface area contributed by atoms with Crippen LogP contribution in [0.5, 0.6) is 0 Å². The first kappa shape index (κ1) is 19.2. The molecule has 2 unspecified atom stereocenters. The van der Waals surface area contributed by atoms with Crippen molar-refractivity contribution >= 4 is 18.3 Å². The normalized spacial score (nSPS) is 30.0. The summed E-state index contributed by atoms with van der Waals surface area (Å²) in [6.45, 7) is 6.06. The van der Waals surface area contributed by atoms with Gasteiger partial charge in [-0.3, -0.25) is 4.79 Å². The number of nitrogens with two attached hydrogens (primary N) is 1. The summed E-state index contributed by atoms with van der Waals surface area (Å²) in [5, 5.41) is 0. The van der Waals surface area contributed by atoms with Crippen molar-refractivity contribution in [3.05, 3.63) is 35.4 Å². The van der Waals surface area contributed by atoms with Gasteiger partial charge in [0.15, 0.2) is 0 Å². The molecule has 1 saturated carbocycles. The molecule has 134 valence electrons. The number of benzene rings is 1. The first-order valence-electron chi connectivity index (χ1n) is 8.79. The molecule has 3 rings (SSSR count). The number of amides is 1. The van der Waals surface area contributed by atoms with E-state index in [-0.39, 0.29) is 36.4 Å². The second-order valence-corrected chi connectivity index (χ2v) is 7.05. The van der Waals surface area contributed by atoms with E-state index >= 15 is 0 Å². The molecule has 24 heavy (non-hydrogen) atoms. The highest BCUT2D eigenvalue weighted by Gasteiger charge is 2.39. The quantitative estimate of drug-likeness (QED) is 0.909. The fourth-order valence-corrected chi connectivity index (χ4v) is 4.06. The number of carbonyl (C=O) groups is 1. The summed E-state index contributed by atoms with van der Waals surface area (Å²) in [5.41, 5.74) is 8.28. The standard InChI is InChI=1S/C19H28N2O2.ClH/c1-13-6-3-4-8-16(13)18-11-21(14(2)12-23-18)19(22)17-9-5-7-15(17)10-20;/h3-4,6,8,14-15,17-18H,5,7,9-12,20H2,1-2H3;1H/t14?,15-,17-,18?;/m1./s1. The molecule has 4 atom stereocenters. The van der Waals surface area contributed by atoms with Crippen molar-refractivity contribution < 1.29 is 9.53 Å². The molecule has 2 aliphatic rings. The fraction of sp³-hybridized carbons (Fsp3) is 0.632. The van der Waals surface area contributed by atoms with E-state index in [1.54, 1.807) is 0 Å². The second-order valence-electron chi connectivity index (χ2n) is 7.05. The first-order chi connectivity index (χ1) is 11.1. The minimum atomic E-state index is -0.0194. The van der Waals surface area contributed by atoms with Gasteiger partial charge in [0, 0.05) is 5.92 Å². The third-order valence-corrected chi connectivity index (χ3v) is 5.53. The van der Waals surface area contributed by atoms with Crippen LogP contribution in [0.3, 0.4) is 0 Å². The van der Waals surface area contributed by atoms with Crippen LogP contribution in [0.4, 0.5) is 0 Å². The van der Waals surface area contributed by atoms with Gasteiger partial charge in [0.1, 0.15) is 6.10 Å². The van der Waals surface area contributed by atoms with Gasteiger partial charge in [-0.2, -0.15) is 0 Å². The summed E-state index contributed by atoms with van der Waals surface area (Å²) in [4.78, 5) is 15.1. The summed E-state index contributed by atoms with van der Waals surface area (Å²) >= 11 is 0. The van der Waals surface area contributed by atoms with Crippen molar-refractivity contribution in [1.29, 1.82) is 0 Å². The van der Waals surface area contributed by atoms with Gasteiger partial charge in [0.05, 0.1) is 19.2 Å². The van der Waals surface area contributed by atoms with Crippen LogP contribution in [0, 0.1) is 18.8 Å². The molecule has 2 fully saturated rings. The highest BCUT2D eigenvalue weighted by atomic mass is 35.5. The molecular weight excluding hydrogens is 324 g/mol. The number of hydrogen-bond acceptors (Lipinski definition) is 3. The van der Waals surface area contributed by atoms with E-state index in [4.69, 9.17) is 10.5 Å². The number of carbonyl (C=O) groups excluding carboxylic acids is 1. The van der Waals surface area contributed by atoms with Gasteiger partial charge < -0.3 is 15.4 Å². The molecular formula is C19H29ClN2O2. The van der Waals surface area contributed by atoms with E-state index in [0.29, 0.717) is 25.6 Å². The van der Waals surface area contributed by atoms with Crippen LogP contribution in [0.1, 0.15) is 43.4 Å². The maximum atomic E-state index is 13.1. The van der Waals surface area contributed by atoms with Crippen molar-refractivity contribution in [1.82, 2.24) is 4.90 Å². The number of nitrogens with zero attached hydrogens (tertiary/aromatic N) is 1. The van der Waals surface area contributed by atoms with Gasteiger partial charge in [-0.15, -0.1) is 12.4 Å². The molecule has 1 aromatic rings. The van der Waals surface area contributed by atoms with Crippen LogP contribution in [-0.4, -0.2) is 36.5 Å². The zero-order valence-corrected chi connectivity index (χ0v) is 15.4. The van der Waals surface area contributed by atoms with Gasteiger partial charge in [0.25, 0.3) is 0 Å². The Bertz CT molecular complexity index is 566. The molecule has 1 amide bonds. The topological polar surface area (TPSA) is 55.6 Å². The molecule has 0 spiro atoms. The Balaban J connectivity index is 0.00000208. The van der Waals surface area contributed by atoms with Crippen LogP contribution < -0.4 is 5.73 Å². The highest BCUT2D eigenvalue weighted by molar-refractivity contribution is 5.85. The van der Waals surface area contributed by atoms with Gasteiger partial charge in [0.2, 0.25) is 5.91 Å². The monoisotopic (exact) mass is 352 g/mol. The molecule has 1 aromatic carbocycles. The fourth-order valence-electron chi connectivity index (χ4n) is 4.06. The zero-order valence-electron chi connectivity index (χ0n) is 14.6. The third kappa shape index (κ3) is 3.76. The van der Waals surface area contributed by atoms with E-state index < -0.39 is 0 Å². The SMILES string of the molecule is Cc1ccccc1C1CN(C(=O)[C@@H]2CCC[C@@H]2CN)C(C)CO1.Cl. The summed E-state index contributed by atoms with van der Waals surface area (Å²) in [5.74, 6) is 0.750. The summed E-state index contributed by atoms with van der Waals surface area (Å²) in [6, 6.07) is 8.43. The van der Waals surface area contributed by atoms with Crippen LogP contribution in [-0.2, 0) is 9.53 Å². The molecule has 1 aliphatic carbocycles. The number of halogens is 1. The van der Waals surface area contributed by atoms with E-state index in [1.165, 1.54) is 11.1 Å². The Hall–Kier alpha value is -1.10. The molecule has 2 N–H and O–H groups in total. The summed E-state index contributed by atoms with van der Waals surface area (Å²) in [6.07, 6.45) is 3.18. The van der Waals surface area contributed by atoms with Gasteiger partial charge in [-0.05, 0) is 50.3 Å². The molecule has 5 heteroatoms. The summed E-state index contributed by atoms with van der Waals surface area (Å²) < 4.78 is 6.03. The van der Waals surface area contributed by atoms with Crippen molar-refractivity contribution in [3.8, 4) is 0 Å². The maximum absolute atomic E-state index is 13.1. The van der Waals surface area contributed by atoms with Crippen LogP contribution in [0.15, 0.2) is 24.3 Å². The minimum Gasteiger partial charge on any atom is -0.370 e. The van der Waals surface area contributed by atoms with Crippen molar-refractivity contribution in [2.24, 2.45) is 17.6 Å². The Kier molecular flexibility index (Phi) is 6.67. The number of morpholine rings is 1. The largest absolute Gasteiger partial charge is 0.370 e. The van der Waals surface area contributed by atoms with E-state index in [2.05, 4.69) is 26.0 Å². The van der Waals surface area contributed by atoms with E-state index in [0.717, 1.165) is 19.3 Å². The zero-order chi connectivity index (χ0) is 16.4. The van der Waals surface area contributed by atoms with Gasteiger partial charge in [-0.1, -0.05) is 30.7 Å². The van der Waals surface area contributed by atoms with Crippen LogP contribution in [0.25, 0.3) is 0 Å². The minimum absolute atomic E-state index is 0. The predicted octanol–water partition coefficient (Wildman–Crippen LogP) is 3.08. The molecule has 0 radical (unpaired) electrons. The van der Waals surface area contributed by atoms with Gasteiger partial charge in [-0.25, -0.2) is 0 Å². The lowest BCUT2D eigenvalue weighted by atomic mass is 9.93. The smallest absolute Gasteiger partial charge is 0.226 e. The van der Waals surface area contributed by atoms with Crippen molar-refractivity contribution in [2.45, 2.75) is 45.3 Å². The second kappa shape index (κ2) is 8.32. The van der Waals surface area contributed by atoms with Crippen LogP contribution in [0.2, 0.25) is 0 Å². The number of rotatable bonds is 3.